The molecule has 248 valence electrons. The fourth-order valence-electron chi connectivity index (χ4n) is 7.48. The molecule has 4 N–H and O–H groups in total. The van der Waals surface area contributed by atoms with Gasteiger partial charge in [-0.1, -0.05) is 123 Å². The van der Waals surface area contributed by atoms with Gasteiger partial charge in [-0.3, -0.25) is 0 Å². The van der Waals surface area contributed by atoms with Crippen LogP contribution in [0.2, 0.25) is 0 Å². The van der Waals surface area contributed by atoms with Gasteiger partial charge in [-0.2, -0.15) is 0 Å². The van der Waals surface area contributed by atoms with E-state index in [1.807, 2.05) is 70.2 Å². The largest absolute Gasteiger partial charge is 0.393 e. The quantitative estimate of drug-likeness (QED) is 0.147. The summed E-state index contributed by atoms with van der Waals surface area (Å²) in [7, 11) is 0. The van der Waals surface area contributed by atoms with Crippen LogP contribution in [0.1, 0.15) is 94.9 Å². The van der Waals surface area contributed by atoms with Crippen LogP contribution in [-0.2, 0) is 4.74 Å². The molecule has 1 aliphatic heterocycles. The molecular weight excluding hydrogens is 560 g/mol. The number of allylic oxidation sites excluding steroid dienone is 16. The summed E-state index contributed by atoms with van der Waals surface area (Å²) in [6.45, 7) is 20.0. The van der Waals surface area contributed by atoms with Crippen molar-refractivity contribution in [2.75, 3.05) is 0 Å². The average Bonchev–Trinajstić information content (AvgIpc) is 3.52. The van der Waals surface area contributed by atoms with Gasteiger partial charge < -0.3 is 25.2 Å². The average molecular weight is 619 g/mol. The highest BCUT2D eigenvalue weighted by molar-refractivity contribution is 5.37. The van der Waals surface area contributed by atoms with Crippen LogP contribution in [0.3, 0.4) is 0 Å². The van der Waals surface area contributed by atoms with Crippen molar-refractivity contribution in [3.63, 3.8) is 0 Å². The van der Waals surface area contributed by atoms with E-state index >= 15 is 0 Å². The van der Waals surface area contributed by atoms with E-state index in [9.17, 15) is 20.4 Å². The van der Waals surface area contributed by atoms with E-state index in [1.165, 1.54) is 0 Å². The number of rotatable bonds is 10. The number of hydrogen-bond acceptors (Lipinski definition) is 5. The lowest BCUT2D eigenvalue weighted by molar-refractivity contribution is -0.216. The molecule has 0 bridgehead atoms. The van der Waals surface area contributed by atoms with Crippen LogP contribution in [0.5, 0.6) is 0 Å². The zero-order valence-electron chi connectivity index (χ0n) is 29.3. The first-order valence-electron chi connectivity index (χ1n) is 16.3. The maximum atomic E-state index is 11.4. The lowest BCUT2D eigenvalue weighted by atomic mass is 9.57. The standard InChI is InChI=1S/C40H58O5/c1-29(17-13-19-31(3)21-23-39(44)35(5,6)25-33(41)27-37(39,9)43)15-11-12-16-30(2)18-14-20-32(4)22-24-40-36(7,8)26-34(42)28-38(40,10)45-40/h11-24,33-34,41-44H,25-28H2,1-10H3/b12-11+,17-13+,18-14+,23-21+,24-22+,29-15+,30-16+,31-19+,32-20+/t33-,34-,37+,38+,39+,40-/m0/s1. The highest BCUT2D eigenvalue weighted by Gasteiger charge is 2.74. The van der Waals surface area contributed by atoms with E-state index in [2.05, 4.69) is 71.1 Å². The van der Waals surface area contributed by atoms with Gasteiger partial charge in [-0.25, -0.2) is 0 Å². The molecule has 3 fully saturated rings. The van der Waals surface area contributed by atoms with Crippen molar-refractivity contribution in [1.29, 1.82) is 0 Å². The Morgan fingerprint density at radius 1 is 0.556 bits per heavy atom. The van der Waals surface area contributed by atoms with Crippen molar-refractivity contribution < 1.29 is 25.2 Å². The lowest BCUT2D eigenvalue weighted by Crippen LogP contribution is -2.65. The van der Waals surface area contributed by atoms with Gasteiger partial charge in [0.15, 0.2) is 0 Å². The minimum absolute atomic E-state index is 0.111. The third kappa shape index (κ3) is 8.25. The van der Waals surface area contributed by atoms with Crippen molar-refractivity contribution >= 4 is 0 Å². The van der Waals surface area contributed by atoms with Crippen molar-refractivity contribution in [2.45, 2.75) is 130 Å². The second kappa shape index (κ2) is 13.7. The van der Waals surface area contributed by atoms with Crippen LogP contribution in [0.25, 0.3) is 0 Å². The van der Waals surface area contributed by atoms with Gasteiger partial charge in [0, 0.05) is 23.7 Å². The molecule has 3 rings (SSSR count). The molecule has 0 aromatic carbocycles. The SMILES string of the molecule is CC(/C=C/C=C(C)/C=C/[C@@]1(O)C(C)(C)C[C@H](O)C[C@@]1(C)O)=C\C=C\C=C(C)\C=C\C=C(C)\C=C\[C@@]12O[C@]1(C)C[C@@H](O)CC2(C)C. The van der Waals surface area contributed by atoms with E-state index in [0.29, 0.717) is 12.8 Å². The van der Waals surface area contributed by atoms with Crippen molar-refractivity contribution in [1.82, 2.24) is 0 Å². The van der Waals surface area contributed by atoms with Crippen molar-refractivity contribution in [2.24, 2.45) is 10.8 Å². The molecule has 0 radical (unpaired) electrons. The zero-order valence-corrected chi connectivity index (χ0v) is 29.3. The summed E-state index contributed by atoms with van der Waals surface area (Å²) in [6, 6.07) is 0. The topological polar surface area (TPSA) is 93.5 Å². The molecule has 1 saturated heterocycles. The molecule has 0 aromatic rings. The molecule has 0 aromatic heterocycles. The van der Waals surface area contributed by atoms with Crippen LogP contribution in [0.4, 0.5) is 0 Å². The number of hydrogen-bond donors (Lipinski definition) is 4. The molecule has 0 spiro atoms. The van der Waals surface area contributed by atoms with E-state index in [0.717, 1.165) is 28.7 Å². The van der Waals surface area contributed by atoms with Gasteiger partial charge >= 0.3 is 0 Å². The first-order valence-corrected chi connectivity index (χ1v) is 16.3. The van der Waals surface area contributed by atoms with Crippen LogP contribution in [-0.4, -0.2) is 55.0 Å². The monoisotopic (exact) mass is 618 g/mol. The van der Waals surface area contributed by atoms with Crippen molar-refractivity contribution in [3.05, 3.63) is 107 Å². The lowest BCUT2D eigenvalue weighted by Gasteiger charge is -2.54. The van der Waals surface area contributed by atoms with Gasteiger partial charge in [0.25, 0.3) is 0 Å². The summed E-state index contributed by atoms with van der Waals surface area (Å²) in [5.41, 5.74) is 0.0896. The highest BCUT2D eigenvalue weighted by Crippen LogP contribution is 2.66. The van der Waals surface area contributed by atoms with Crippen LogP contribution in [0.15, 0.2) is 107 Å². The molecule has 5 nitrogen and oxygen atoms in total. The minimum Gasteiger partial charge on any atom is -0.393 e. The summed E-state index contributed by atoms with van der Waals surface area (Å²) in [4.78, 5) is 0. The van der Waals surface area contributed by atoms with Crippen LogP contribution < -0.4 is 0 Å². The first kappa shape index (κ1) is 36.9. The molecular formula is C40H58O5. The van der Waals surface area contributed by atoms with Gasteiger partial charge in [-0.05, 0) is 66.5 Å². The molecule has 1 heterocycles. The highest BCUT2D eigenvalue weighted by atomic mass is 16.6. The number of aliphatic hydroxyl groups is 4. The second-order valence-electron chi connectivity index (χ2n) is 15.4. The maximum absolute atomic E-state index is 11.4. The molecule has 5 heteroatoms. The molecule has 0 unspecified atom stereocenters. The summed E-state index contributed by atoms with van der Waals surface area (Å²) >= 11 is 0. The van der Waals surface area contributed by atoms with Gasteiger partial charge in [0.2, 0.25) is 0 Å². The van der Waals surface area contributed by atoms with Crippen LogP contribution in [0, 0.1) is 10.8 Å². The first-order chi connectivity index (χ1) is 20.7. The molecule has 2 aliphatic carbocycles. The molecule has 45 heavy (non-hydrogen) atoms. The van der Waals surface area contributed by atoms with Crippen LogP contribution >= 0.6 is 0 Å². The number of ether oxygens (including phenoxy) is 1. The normalized spacial score (nSPS) is 37.9. The molecule has 6 atom stereocenters. The number of aliphatic hydroxyl groups excluding tert-OH is 2. The Hall–Kier alpha value is -2.54. The summed E-state index contributed by atoms with van der Waals surface area (Å²) in [6.07, 6.45) is 29.3. The number of epoxide rings is 1. The third-order valence-corrected chi connectivity index (χ3v) is 10.2. The molecule has 3 aliphatic rings. The smallest absolute Gasteiger partial charge is 0.121 e. The second-order valence-corrected chi connectivity index (χ2v) is 15.4. The zero-order chi connectivity index (χ0) is 33.9. The Labute approximate surface area is 272 Å². The summed E-state index contributed by atoms with van der Waals surface area (Å²) < 4.78 is 6.24. The van der Waals surface area contributed by atoms with E-state index < -0.39 is 22.7 Å². The fourth-order valence-corrected chi connectivity index (χ4v) is 7.48. The molecule has 2 saturated carbocycles. The fraction of sp³-hybridized carbons (Fsp3) is 0.550. The van der Waals surface area contributed by atoms with Gasteiger partial charge in [0.05, 0.1) is 17.8 Å². The van der Waals surface area contributed by atoms with Crippen molar-refractivity contribution in [3.8, 4) is 0 Å². The summed E-state index contributed by atoms with van der Waals surface area (Å²) in [5, 5.41) is 42.7. The maximum Gasteiger partial charge on any atom is 0.121 e. The number of fused-ring (bicyclic) bond motifs is 1. The Morgan fingerprint density at radius 2 is 0.978 bits per heavy atom. The Kier molecular flexibility index (Phi) is 11.2. The van der Waals surface area contributed by atoms with Gasteiger partial charge in [-0.15, -0.1) is 0 Å². The van der Waals surface area contributed by atoms with E-state index in [-0.39, 0.29) is 29.1 Å². The third-order valence-electron chi connectivity index (χ3n) is 10.2. The minimum atomic E-state index is -1.45. The Morgan fingerprint density at radius 3 is 1.47 bits per heavy atom. The Bertz CT molecular complexity index is 1340. The predicted molar refractivity (Wildman–Crippen MR) is 187 cm³/mol. The van der Waals surface area contributed by atoms with E-state index in [4.69, 9.17) is 4.74 Å². The predicted octanol–water partition coefficient (Wildman–Crippen LogP) is 7.92. The van der Waals surface area contributed by atoms with Gasteiger partial charge in [0.1, 0.15) is 16.8 Å². The Balaban J connectivity index is 1.52. The van der Waals surface area contributed by atoms with E-state index in [1.54, 1.807) is 13.0 Å². The molecule has 0 amide bonds. The summed E-state index contributed by atoms with van der Waals surface area (Å²) in [5.74, 6) is 0.